The SMILES string of the molecule is O=C(Oc1ccc(C(F)(F)F)c(F)c1)c1cc(-c2cccnc2)n[nH]1. The van der Waals surface area contributed by atoms with E-state index in [-0.39, 0.29) is 11.4 Å². The second kappa shape index (κ2) is 6.34. The van der Waals surface area contributed by atoms with E-state index in [4.69, 9.17) is 4.74 Å². The van der Waals surface area contributed by atoms with E-state index in [2.05, 4.69) is 15.2 Å². The van der Waals surface area contributed by atoms with Gasteiger partial charge in [-0.3, -0.25) is 10.1 Å². The number of alkyl halides is 3. The Balaban J connectivity index is 1.77. The molecular weight excluding hydrogens is 342 g/mol. The van der Waals surface area contributed by atoms with Crippen LogP contribution in [-0.4, -0.2) is 21.2 Å². The summed E-state index contributed by atoms with van der Waals surface area (Å²) in [6.45, 7) is 0. The van der Waals surface area contributed by atoms with Crippen LogP contribution in [0.1, 0.15) is 16.1 Å². The number of ether oxygens (including phenoxy) is 1. The van der Waals surface area contributed by atoms with Gasteiger partial charge in [-0.05, 0) is 30.3 Å². The summed E-state index contributed by atoms with van der Waals surface area (Å²) in [5.74, 6) is -2.80. The summed E-state index contributed by atoms with van der Waals surface area (Å²) in [6, 6.07) is 6.67. The minimum absolute atomic E-state index is 0.0424. The third kappa shape index (κ3) is 3.65. The number of carbonyl (C=O) groups is 1. The van der Waals surface area contributed by atoms with Crippen LogP contribution in [-0.2, 0) is 6.18 Å². The number of halogens is 4. The quantitative estimate of drug-likeness (QED) is 0.442. The number of rotatable bonds is 3. The molecule has 9 heteroatoms. The summed E-state index contributed by atoms with van der Waals surface area (Å²) in [5, 5.41) is 6.37. The highest BCUT2D eigenvalue weighted by Crippen LogP contribution is 2.33. The van der Waals surface area contributed by atoms with Crippen LogP contribution in [0.3, 0.4) is 0 Å². The van der Waals surface area contributed by atoms with Crippen molar-refractivity contribution in [3.8, 4) is 17.0 Å². The van der Waals surface area contributed by atoms with Crippen molar-refractivity contribution >= 4 is 5.97 Å². The van der Waals surface area contributed by atoms with E-state index >= 15 is 0 Å². The van der Waals surface area contributed by atoms with Crippen LogP contribution < -0.4 is 4.74 Å². The molecule has 0 spiro atoms. The smallest absolute Gasteiger partial charge is 0.419 e. The minimum atomic E-state index is -4.82. The maximum Gasteiger partial charge on any atom is 0.419 e. The van der Waals surface area contributed by atoms with Crippen molar-refractivity contribution in [1.29, 1.82) is 0 Å². The summed E-state index contributed by atoms with van der Waals surface area (Å²) >= 11 is 0. The Hall–Kier alpha value is -3.23. The molecule has 3 aromatic rings. The average molecular weight is 351 g/mol. The summed E-state index contributed by atoms with van der Waals surface area (Å²) in [7, 11) is 0. The summed E-state index contributed by atoms with van der Waals surface area (Å²) in [5.41, 5.74) is -0.399. The third-order valence-electron chi connectivity index (χ3n) is 3.21. The van der Waals surface area contributed by atoms with Gasteiger partial charge in [0.1, 0.15) is 17.3 Å². The Morgan fingerprint density at radius 2 is 1.96 bits per heavy atom. The van der Waals surface area contributed by atoms with Gasteiger partial charge in [0, 0.05) is 24.0 Å². The lowest BCUT2D eigenvalue weighted by molar-refractivity contribution is -0.140. The number of nitrogens with zero attached hydrogens (tertiary/aromatic N) is 2. The fraction of sp³-hybridized carbons (Fsp3) is 0.0625. The van der Waals surface area contributed by atoms with Crippen molar-refractivity contribution in [3.63, 3.8) is 0 Å². The number of benzene rings is 1. The molecule has 0 bridgehead atoms. The highest BCUT2D eigenvalue weighted by atomic mass is 19.4. The molecule has 0 aliphatic rings. The zero-order chi connectivity index (χ0) is 18.0. The molecule has 5 nitrogen and oxygen atoms in total. The van der Waals surface area contributed by atoms with Crippen molar-refractivity contribution < 1.29 is 27.1 Å². The van der Waals surface area contributed by atoms with E-state index in [1.54, 1.807) is 18.3 Å². The fourth-order valence-electron chi connectivity index (χ4n) is 2.04. The molecular formula is C16H9F4N3O2. The highest BCUT2D eigenvalue weighted by Gasteiger charge is 2.34. The van der Waals surface area contributed by atoms with Crippen molar-refractivity contribution in [1.82, 2.24) is 15.2 Å². The average Bonchev–Trinajstić information content (AvgIpc) is 3.04. The van der Waals surface area contributed by atoms with Crippen LogP contribution >= 0.6 is 0 Å². The zero-order valence-electron chi connectivity index (χ0n) is 12.3. The first-order chi connectivity index (χ1) is 11.8. The molecule has 1 N–H and O–H groups in total. The van der Waals surface area contributed by atoms with E-state index in [0.717, 1.165) is 6.07 Å². The molecule has 0 fully saturated rings. The highest BCUT2D eigenvalue weighted by molar-refractivity contribution is 5.90. The maximum atomic E-state index is 13.5. The molecule has 0 amide bonds. The standard InChI is InChI=1S/C16H9F4N3O2/c17-12-6-10(3-4-11(12)16(18,19)20)25-15(24)14-7-13(22-23-14)9-2-1-5-21-8-9/h1-8H,(H,22,23). The van der Waals surface area contributed by atoms with Crippen molar-refractivity contribution in [3.05, 3.63) is 65.9 Å². The minimum Gasteiger partial charge on any atom is -0.422 e. The first-order valence-corrected chi connectivity index (χ1v) is 6.89. The fourth-order valence-corrected chi connectivity index (χ4v) is 2.04. The molecule has 0 radical (unpaired) electrons. The Morgan fingerprint density at radius 1 is 1.16 bits per heavy atom. The number of carbonyl (C=O) groups excluding carboxylic acids is 1. The van der Waals surface area contributed by atoms with E-state index in [0.29, 0.717) is 23.4 Å². The predicted molar refractivity (Wildman–Crippen MR) is 78.2 cm³/mol. The normalized spacial score (nSPS) is 11.4. The first-order valence-electron chi connectivity index (χ1n) is 6.89. The number of aromatic amines is 1. The molecule has 128 valence electrons. The van der Waals surface area contributed by atoms with Crippen molar-refractivity contribution in [2.45, 2.75) is 6.18 Å². The monoisotopic (exact) mass is 351 g/mol. The Labute approximate surface area is 138 Å². The Morgan fingerprint density at radius 3 is 2.60 bits per heavy atom. The van der Waals surface area contributed by atoms with E-state index < -0.39 is 23.5 Å². The third-order valence-corrected chi connectivity index (χ3v) is 3.21. The lowest BCUT2D eigenvalue weighted by atomic mass is 10.2. The number of pyridine rings is 1. The van der Waals surface area contributed by atoms with E-state index in [9.17, 15) is 22.4 Å². The molecule has 2 aromatic heterocycles. The van der Waals surface area contributed by atoms with Crippen LogP contribution in [0, 0.1) is 5.82 Å². The Bertz CT molecular complexity index is 907. The molecule has 0 atom stereocenters. The number of aromatic nitrogens is 3. The number of nitrogens with one attached hydrogen (secondary N) is 1. The van der Waals surface area contributed by atoms with Gasteiger partial charge in [-0.15, -0.1) is 0 Å². The van der Waals surface area contributed by atoms with E-state index in [1.807, 2.05) is 0 Å². The van der Waals surface area contributed by atoms with Crippen molar-refractivity contribution in [2.75, 3.05) is 0 Å². The van der Waals surface area contributed by atoms with Crippen molar-refractivity contribution in [2.24, 2.45) is 0 Å². The van der Waals surface area contributed by atoms with Crippen LogP contribution in [0.4, 0.5) is 17.6 Å². The number of hydrogen-bond donors (Lipinski definition) is 1. The Kier molecular flexibility index (Phi) is 4.22. The second-order valence-electron chi connectivity index (χ2n) is 4.94. The molecule has 0 unspecified atom stereocenters. The predicted octanol–water partition coefficient (Wildman–Crippen LogP) is 3.85. The lowest BCUT2D eigenvalue weighted by Gasteiger charge is -2.09. The molecule has 25 heavy (non-hydrogen) atoms. The molecule has 2 heterocycles. The topological polar surface area (TPSA) is 67.9 Å². The zero-order valence-corrected chi connectivity index (χ0v) is 12.3. The first kappa shape index (κ1) is 16.6. The van der Waals surface area contributed by atoms with E-state index in [1.165, 1.54) is 12.3 Å². The molecule has 3 rings (SSSR count). The van der Waals surface area contributed by atoms with Gasteiger partial charge >= 0.3 is 12.1 Å². The number of H-pyrrole nitrogens is 1. The van der Waals surface area contributed by atoms with Gasteiger partial charge < -0.3 is 4.74 Å². The van der Waals surface area contributed by atoms with Gasteiger partial charge in [0.25, 0.3) is 0 Å². The molecule has 0 saturated heterocycles. The van der Waals surface area contributed by atoms with Crippen LogP contribution in [0.2, 0.25) is 0 Å². The van der Waals surface area contributed by atoms with Gasteiger partial charge in [-0.2, -0.15) is 18.3 Å². The molecule has 0 aliphatic heterocycles. The van der Waals surface area contributed by atoms with Gasteiger partial charge in [0.2, 0.25) is 0 Å². The second-order valence-corrected chi connectivity index (χ2v) is 4.94. The molecule has 0 saturated carbocycles. The summed E-state index contributed by atoms with van der Waals surface area (Å²) in [6.07, 6.45) is -1.71. The van der Waals surface area contributed by atoms with Crippen LogP contribution in [0.5, 0.6) is 5.75 Å². The molecule has 1 aromatic carbocycles. The number of hydrogen-bond acceptors (Lipinski definition) is 4. The summed E-state index contributed by atoms with van der Waals surface area (Å²) < 4.78 is 55.9. The lowest BCUT2D eigenvalue weighted by Crippen LogP contribution is -2.11. The molecule has 0 aliphatic carbocycles. The van der Waals surface area contributed by atoms with Gasteiger partial charge in [-0.25, -0.2) is 9.18 Å². The number of esters is 1. The maximum absolute atomic E-state index is 13.5. The summed E-state index contributed by atoms with van der Waals surface area (Å²) in [4.78, 5) is 15.9. The van der Waals surface area contributed by atoms with Gasteiger partial charge in [0.15, 0.2) is 0 Å². The van der Waals surface area contributed by atoms with Crippen LogP contribution in [0.15, 0.2) is 48.8 Å². The van der Waals surface area contributed by atoms with Gasteiger partial charge in [-0.1, -0.05) is 0 Å². The van der Waals surface area contributed by atoms with Gasteiger partial charge in [0.05, 0.1) is 11.3 Å². The van der Waals surface area contributed by atoms with Crippen LogP contribution in [0.25, 0.3) is 11.3 Å². The largest absolute Gasteiger partial charge is 0.422 e.